The van der Waals surface area contributed by atoms with Gasteiger partial charge in [-0.05, 0) is 30.3 Å². The van der Waals surface area contributed by atoms with Crippen LogP contribution in [0.3, 0.4) is 0 Å². The Morgan fingerprint density at radius 1 is 1.04 bits per heavy atom. The number of hydrazine groups is 1. The Kier molecular flexibility index (Phi) is 4.40. The molecule has 2 amide bonds. The van der Waals surface area contributed by atoms with E-state index in [-0.39, 0.29) is 22.9 Å². The maximum Gasteiger partial charge on any atom is 0.283 e. The van der Waals surface area contributed by atoms with Crippen molar-refractivity contribution in [1.29, 1.82) is 0 Å². The van der Waals surface area contributed by atoms with Crippen LogP contribution in [0, 0.1) is 10.1 Å². The third kappa shape index (κ3) is 3.45. The topological polar surface area (TPSA) is 120 Å². The quantitative estimate of drug-likeness (QED) is 0.636. The Hall–Kier alpha value is -3.33. The fourth-order valence-electron chi connectivity index (χ4n) is 2.14. The Morgan fingerprint density at radius 2 is 1.76 bits per heavy atom. The standard InChI is InChI=1S/C15H10ClN3O6/c16-9-2-3-10(11(6-9)19(22)23)15(21)18-17-14(20)8-1-4-12-13(5-8)25-7-24-12/h1-6H,7H2,(H,17,20)(H,18,21). The zero-order chi connectivity index (χ0) is 18.0. The number of hydrogen-bond donors (Lipinski definition) is 2. The lowest BCUT2D eigenvalue weighted by molar-refractivity contribution is -0.385. The molecule has 128 valence electrons. The molecule has 2 aromatic carbocycles. The second kappa shape index (κ2) is 6.65. The average molecular weight is 364 g/mol. The number of nitrogens with one attached hydrogen (secondary N) is 2. The Labute approximate surface area is 145 Å². The van der Waals surface area contributed by atoms with Gasteiger partial charge >= 0.3 is 0 Å². The van der Waals surface area contributed by atoms with Gasteiger partial charge in [-0.2, -0.15) is 0 Å². The third-order valence-corrected chi connectivity index (χ3v) is 3.56. The van der Waals surface area contributed by atoms with Gasteiger partial charge in [0.15, 0.2) is 11.5 Å². The van der Waals surface area contributed by atoms with Crippen LogP contribution in [-0.4, -0.2) is 23.5 Å². The number of benzene rings is 2. The monoisotopic (exact) mass is 363 g/mol. The fraction of sp³-hybridized carbons (Fsp3) is 0.0667. The summed E-state index contributed by atoms with van der Waals surface area (Å²) < 4.78 is 10.3. The van der Waals surface area contributed by atoms with Crippen LogP contribution in [0.1, 0.15) is 20.7 Å². The average Bonchev–Trinajstić information content (AvgIpc) is 3.06. The van der Waals surface area contributed by atoms with Gasteiger partial charge in [-0.15, -0.1) is 0 Å². The molecule has 0 atom stereocenters. The first-order valence-electron chi connectivity index (χ1n) is 6.90. The van der Waals surface area contributed by atoms with E-state index in [0.717, 1.165) is 6.07 Å². The lowest BCUT2D eigenvalue weighted by Crippen LogP contribution is -2.41. The van der Waals surface area contributed by atoms with Crippen molar-refractivity contribution in [1.82, 2.24) is 10.9 Å². The van der Waals surface area contributed by atoms with Crippen molar-refractivity contribution in [2.24, 2.45) is 0 Å². The van der Waals surface area contributed by atoms with Gasteiger partial charge in [0, 0.05) is 16.7 Å². The first kappa shape index (κ1) is 16.5. The van der Waals surface area contributed by atoms with E-state index in [1.807, 2.05) is 0 Å². The predicted molar refractivity (Wildman–Crippen MR) is 85.6 cm³/mol. The van der Waals surface area contributed by atoms with Gasteiger partial charge in [0.1, 0.15) is 5.56 Å². The van der Waals surface area contributed by atoms with Crippen molar-refractivity contribution < 1.29 is 24.0 Å². The SMILES string of the molecule is O=C(NNC(=O)c1ccc(Cl)cc1[N+](=O)[O-])c1ccc2c(c1)OCO2. The van der Waals surface area contributed by atoms with Crippen molar-refractivity contribution in [2.75, 3.05) is 6.79 Å². The molecule has 1 aliphatic rings. The first-order valence-corrected chi connectivity index (χ1v) is 7.28. The van der Waals surface area contributed by atoms with Gasteiger partial charge in [0.2, 0.25) is 6.79 Å². The van der Waals surface area contributed by atoms with Gasteiger partial charge in [-0.3, -0.25) is 30.6 Å². The number of fused-ring (bicyclic) bond motifs is 1. The molecule has 0 saturated carbocycles. The van der Waals surface area contributed by atoms with E-state index in [0.29, 0.717) is 11.5 Å². The fourth-order valence-corrected chi connectivity index (χ4v) is 2.31. The molecule has 1 aliphatic heterocycles. The second-order valence-electron chi connectivity index (χ2n) is 4.89. The number of hydrogen-bond acceptors (Lipinski definition) is 6. The normalized spacial score (nSPS) is 11.7. The van der Waals surface area contributed by atoms with Crippen LogP contribution >= 0.6 is 11.6 Å². The van der Waals surface area contributed by atoms with Gasteiger partial charge in [-0.1, -0.05) is 11.6 Å². The van der Waals surface area contributed by atoms with E-state index in [1.54, 1.807) is 6.07 Å². The summed E-state index contributed by atoms with van der Waals surface area (Å²) in [5.41, 5.74) is 3.81. The minimum Gasteiger partial charge on any atom is -0.454 e. The van der Waals surface area contributed by atoms with Gasteiger partial charge in [0.05, 0.1) is 4.92 Å². The van der Waals surface area contributed by atoms with Crippen LogP contribution < -0.4 is 20.3 Å². The van der Waals surface area contributed by atoms with Crippen LogP contribution in [0.5, 0.6) is 11.5 Å². The maximum atomic E-state index is 12.1. The highest BCUT2D eigenvalue weighted by molar-refractivity contribution is 6.31. The third-order valence-electron chi connectivity index (χ3n) is 3.33. The van der Waals surface area contributed by atoms with Crippen molar-refractivity contribution >= 4 is 29.1 Å². The molecule has 0 unspecified atom stereocenters. The number of nitro benzene ring substituents is 1. The predicted octanol–water partition coefficient (Wildman–Crippen LogP) is 2.05. The molecule has 0 radical (unpaired) electrons. The lowest BCUT2D eigenvalue weighted by Gasteiger charge is -2.08. The van der Waals surface area contributed by atoms with E-state index < -0.39 is 22.4 Å². The van der Waals surface area contributed by atoms with Crippen LogP contribution in [-0.2, 0) is 0 Å². The summed E-state index contributed by atoms with van der Waals surface area (Å²) in [6, 6.07) is 8.08. The molecule has 0 fully saturated rings. The maximum absolute atomic E-state index is 12.1. The zero-order valence-electron chi connectivity index (χ0n) is 12.4. The molecule has 2 aromatic rings. The number of carbonyl (C=O) groups excluding carboxylic acids is 2. The second-order valence-corrected chi connectivity index (χ2v) is 5.33. The minimum absolute atomic E-state index is 0.0668. The van der Waals surface area contributed by atoms with Gasteiger partial charge < -0.3 is 9.47 Å². The summed E-state index contributed by atoms with van der Waals surface area (Å²) >= 11 is 5.69. The van der Waals surface area contributed by atoms with Crippen LogP contribution in [0.2, 0.25) is 5.02 Å². The van der Waals surface area contributed by atoms with Crippen molar-refractivity contribution in [3.8, 4) is 11.5 Å². The molecule has 9 nitrogen and oxygen atoms in total. The summed E-state index contributed by atoms with van der Waals surface area (Å²) in [5, 5.41) is 11.1. The molecule has 3 rings (SSSR count). The molecule has 0 spiro atoms. The summed E-state index contributed by atoms with van der Waals surface area (Å²) in [4.78, 5) is 34.4. The number of ether oxygens (including phenoxy) is 2. The molecule has 0 aromatic heterocycles. The van der Waals surface area contributed by atoms with Crippen molar-refractivity contribution in [3.05, 3.63) is 62.7 Å². The molecule has 0 aliphatic carbocycles. The number of nitrogens with zero attached hydrogens (tertiary/aromatic N) is 1. The summed E-state index contributed by atoms with van der Waals surface area (Å²) in [5.74, 6) is -0.551. The molecular formula is C15H10ClN3O6. The van der Waals surface area contributed by atoms with E-state index in [9.17, 15) is 19.7 Å². The first-order chi connectivity index (χ1) is 12.0. The zero-order valence-corrected chi connectivity index (χ0v) is 13.2. The number of halogens is 1. The lowest BCUT2D eigenvalue weighted by atomic mass is 10.1. The van der Waals surface area contributed by atoms with Gasteiger partial charge in [-0.25, -0.2) is 0 Å². The van der Waals surface area contributed by atoms with Crippen molar-refractivity contribution in [3.63, 3.8) is 0 Å². The smallest absolute Gasteiger partial charge is 0.283 e. The molecular weight excluding hydrogens is 354 g/mol. The molecule has 1 heterocycles. The molecule has 25 heavy (non-hydrogen) atoms. The van der Waals surface area contributed by atoms with E-state index in [2.05, 4.69) is 10.9 Å². The number of carbonyl (C=O) groups is 2. The highest BCUT2D eigenvalue weighted by Crippen LogP contribution is 2.32. The summed E-state index contributed by atoms with van der Waals surface area (Å²) in [7, 11) is 0. The van der Waals surface area contributed by atoms with E-state index >= 15 is 0 Å². The van der Waals surface area contributed by atoms with E-state index in [4.69, 9.17) is 21.1 Å². The molecule has 0 bridgehead atoms. The number of rotatable bonds is 3. The van der Waals surface area contributed by atoms with Crippen molar-refractivity contribution in [2.45, 2.75) is 0 Å². The summed E-state index contributed by atoms with van der Waals surface area (Å²) in [6.45, 7) is 0.0668. The van der Waals surface area contributed by atoms with Gasteiger partial charge in [0.25, 0.3) is 17.5 Å². The Bertz CT molecular complexity index is 886. The largest absolute Gasteiger partial charge is 0.454 e. The minimum atomic E-state index is -0.850. The number of amides is 2. The molecule has 10 heteroatoms. The van der Waals surface area contributed by atoms with E-state index in [1.165, 1.54) is 24.3 Å². The van der Waals surface area contributed by atoms with Crippen LogP contribution in [0.15, 0.2) is 36.4 Å². The molecule has 0 saturated heterocycles. The summed E-state index contributed by atoms with van der Waals surface area (Å²) in [6.07, 6.45) is 0. The Morgan fingerprint density at radius 3 is 2.52 bits per heavy atom. The van der Waals surface area contributed by atoms with Crippen LogP contribution in [0.4, 0.5) is 5.69 Å². The highest BCUT2D eigenvalue weighted by atomic mass is 35.5. The molecule has 2 N–H and O–H groups in total. The highest BCUT2D eigenvalue weighted by Gasteiger charge is 2.21. The van der Waals surface area contributed by atoms with Crippen LogP contribution in [0.25, 0.3) is 0 Å². The Balaban J connectivity index is 1.70. The number of nitro groups is 1.